The van der Waals surface area contributed by atoms with Crippen LogP contribution in [0, 0.1) is 5.41 Å². The van der Waals surface area contributed by atoms with Crippen LogP contribution in [0.1, 0.15) is 0 Å². The first kappa shape index (κ1) is 5.56. The molecule has 36 valence electrons. The van der Waals surface area contributed by atoms with E-state index in [2.05, 4.69) is 0 Å². The van der Waals surface area contributed by atoms with Gasteiger partial charge in [0, 0.05) is 12.8 Å². The van der Waals surface area contributed by atoms with Gasteiger partial charge in [-0.15, -0.1) is 0 Å². The van der Waals surface area contributed by atoms with Crippen molar-refractivity contribution in [1.82, 2.24) is 0 Å². The first-order valence-electron chi connectivity index (χ1n) is 1.66. The first-order valence-corrected chi connectivity index (χ1v) is 1.66. The predicted octanol–water partition coefficient (Wildman–Crippen LogP) is -0.0672. The van der Waals surface area contributed by atoms with Gasteiger partial charge < -0.3 is 11.1 Å². The fourth-order valence-electron chi connectivity index (χ4n) is 0.0680. The highest BCUT2D eigenvalue weighted by atomic mass is 19.1. The van der Waals surface area contributed by atoms with E-state index in [1.54, 1.807) is 0 Å². The van der Waals surface area contributed by atoms with Crippen molar-refractivity contribution in [2.24, 2.45) is 5.73 Å². The van der Waals surface area contributed by atoms with Gasteiger partial charge in [-0.3, -0.25) is 0 Å². The molecule has 0 aromatic carbocycles. The van der Waals surface area contributed by atoms with Gasteiger partial charge in [-0.2, -0.15) is 0 Å². The summed E-state index contributed by atoms with van der Waals surface area (Å²) in [5.74, 6) is 0. The van der Waals surface area contributed by atoms with Gasteiger partial charge in [0.05, 0.1) is 0 Å². The molecule has 0 saturated carbocycles. The molecular formula is C3H7FN2. The lowest BCUT2D eigenvalue weighted by atomic mass is 10.4. The molecule has 0 aliphatic heterocycles. The molecule has 0 amide bonds. The van der Waals surface area contributed by atoms with Gasteiger partial charge >= 0.3 is 0 Å². The molecule has 3 heteroatoms. The first-order chi connectivity index (χ1) is 2.81. The van der Waals surface area contributed by atoms with E-state index in [9.17, 15) is 4.39 Å². The van der Waals surface area contributed by atoms with Crippen LogP contribution in [0.15, 0.2) is 0 Å². The minimum atomic E-state index is -1.25. The molecule has 6 heavy (non-hydrogen) atoms. The van der Waals surface area contributed by atoms with Crippen LogP contribution in [0.2, 0.25) is 0 Å². The monoisotopic (exact) mass is 90.1 g/mol. The molecular weight excluding hydrogens is 83.0 g/mol. The van der Waals surface area contributed by atoms with Crippen molar-refractivity contribution < 1.29 is 4.39 Å². The van der Waals surface area contributed by atoms with Crippen LogP contribution in [-0.2, 0) is 0 Å². The maximum Gasteiger partial charge on any atom is 0.147 e. The van der Waals surface area contributed by atoms with Crippen molar-refractivity contribution in [3.05, 3.63) is 0 Å². The summed E-state index contributed by atoms with van der Waals surface area (Å²) in [6.07, 6.45) is -0.565. The van der Waals surface area contributed by atoms with E-state index in [1.165, 1.54) is 0 Å². The Labute approximate surface area is 35.7 Å². The van der Waals surface area contributed by atoms with Crippen LogP contribution < -0.4 is 5.73 Å². The lowest BCUT2D eigenvalue weighted by Gasteiger charge is -1.88. The summed E-state index contributed by atoms with van der Waals surface area (Å²) in [6.45, 7) is -0.0799. The smallest absolute Gasteiger partial charge is 0.147 e. The lowest BCUT2D eigenvalue weighted by molar-refractivity contribution is 0.437. The lowest BCUT2D eigenvalue weighted by Crippen LogP contribution is -2.15. The van der Waals surface area contributed by atoms with Crippen molar-refractivity contribution in [2.45, 2.75) is 6.17 Å². The summed E-state index contributed by atoms with van der Waals surface area (Å²) in [4.78, 5) is 0. The summed E-state index contributed by atoms with van der Waals surface area (Å²) in [5.41, 5.74) is 4.76. The van der Waals surface area contributed by atoms with Crippen LogP contribution in [0.25, 0.3) is 0 Å². The highest BCUT2D eigenvalue weighted by molar-refractivity contribution is 5.59. The third-order valence-corrected chi connectivity index (χ3v) is 0.406. The maximum absolute atomic E-state index is 11.5. The van der Waals surface area contributed by atoms with Crippen molar-refractivity contribution in [3.8, 4) is 0 Å². The molecule has 0 rings (SSSR count). The molecule has 0 saturated heterocycles. The molecule has 0 heterocycles. The molecule has 0 aliphatic carbocycles. The van der Waals surface area contributed by atoms with E-state index in [4.69, 9.17) is 11.1 Å². The Kier molecular flexibility index (Phi) is 2.58. The second-order valence-electron chi connectivity index (χ2n) is 0.918. The Balaban J connectivity index is 2.96. The van der Waals surface area contributed by atoms with Gasteiger partial charge in [0.25, 0.3) is 0 Å². The van der Waals surface area contributed by atoms with E-state index in [1.807, 2.05) is 0 Å². The van der Waals surface area contributed by atoms with Crippen molar-refractivity contribution >= 4 is 6.21 Å². The van der Waals surface area contributed by atoms with Gasteiger partial charge in [0.15, 0.2) is 0 Å². The largest absolute Gasteiger partial charge is 0.327 e. The molecule has 0 aliphatic rings. The summed E-state index contributed by atoms with van der Waals surface area (Å²) in [6, 6.07) is 0. The molecule has 0 aromatic heterocycles. The Morgan fingerprint density at radius 2 is 2.50 bits per heavy atom. The highest BCUT2D eigenvalue weighted by Crippen LogP contribution is 1.75. The Bertz CT molecular complexity index is 46.1. The number of nitrogens with one attached hydrogen (secondary N) is 1. The van der Waals surface area contributed by atoms with Gasteiger partial charge in [-0.25, -0.2) is 4.39 Å². The third-order valence-electron chi connectivity index (χ3n) is 0.406. The van der Waals surface area contributed by atoms with E-state index >= 15 is 0 Å². The fraction of sp³-hybridized carbons (Fsp3) is 0.667. The number of rotatable bonds is 2. The van der Waals surface area contributed by atoms with E-state index < -0.39 is 6.17 Å². The molecule has 0 radical (unpaired) electrons. The number of alkyl halides is 1. The standard InChI is InChI=1S/C3H7FN2/c4-3(1-5)2-6/h1,3,5H,2,6H2. The van der Waals surface area contributed by atoms with E-state index in [-0.39, 0.29) is 6.54 Å². The Hall–Kier alpha value is -0.440. The molecule has 0 spiro atoms. The van der Waals surface area contributed by atoms with E-state index in [0.29, 0.717) is 6.21 Å². The highest BCUT2D eigenvalue weighted by Gasteiger charge is 1.91. The Morgan fingerprint density at radius 1 is 2.00 bits per heavy atom. The summed E-state index contributed by atoms with van der Waals surface area (Å²) in [7, 11) is 0. The van der Waals surface area contributed by atoms with Gasteiger partial charge in [-0.05, 0) is 0 Å². The Morgan fingerprint density at radius 3 is 2.50 bits per heavy atom. The minimum Gasteiger partial charge on any atom is -0.327 e. The average molecular weight is 90.1 g/mol. The quantitative estimate of drug-likeness (QED) is 0.458. The molecule has 2 nitrogen and oxygen atoms in total. The van der Waals surface area contributed by atoms with Gasteiger partial charge in [0.1, 0.15) is 6.17 Å². The third kappa shape index (κ3) is 1.84. The van der Waals surface area contributed by atoms with Crippen LogP contribution in [-0.4, -0.2) is 18.9 Å². The molecule has 1 unspecified atom stereocenters. The van der Waals surface area contributed by atoms with Crippen molar-refractivity contribution in [3.63, 3.8) is 0 Å². The fourth-order valence-corrected chi connectivity index (χ4v) is 0.0680. The van der Waals surface area contributed by atoms with Gasteiger partial charge in [0.2, 0.25) is 0 Å². The average Bonchev–Trinajstić information content (AvgIpc) is 1.65. The molecule has 1 atom stereocenters. The molecule has 0 fully saturated rings. The van der Waals surface area contributed by atoms with E-state index in [0.717, 1.165) is 0 Å². The molecule has 3 N–H and O–H groups in total. The minimum absolute atomic E-state index is 0.0799. The van der Waals surface area contributed by atoms with Crippen molar-refractivity contribution in [1.29, 1.82) is 5.41 Å². The normalized spacial score (nSPS) is 13.7. The van der Waals surface area contributed by atoms with Crippen LogP contribution >= 0.6 is 0 Å². The number of hydrogen-bond acceptors (Lipinski definition) is 2. The van der Waals surface area contributed by atoms with Crippen LogP contribution in [0.5, 0.6) is 0 Å². The predicted molar refractivity (Wildman–Crippen MR) is 22.7 cm³/mol. The zero-order valence-corrected chi connectivity index (χ0v) is 3.32. The summed E-state index contributed by atoms with van der Waals surface area (Å²) in [5, 5.41) is 6.23. The maximum atomic E-state index is 11.5. The van der Waals surface area contributed by atoms with Gasteiger partial charge in [-0.1, -0.05) is 0 Å². The van der Waals surface area contributed by atoms with Crippen LogP contribution in [0.4, 0.5) is 4.39 Å². The second kappa shape index (κ2) is 2.78. The second-order valence-corrected chi connectivity index (χ2v) is 0.918. The van der Waals surface area contributed by atoms with Crippen molar-refractivity contribution in [2.75, 3.05) is 6.54 Å². The SMILES string of the molecule is N=CC(F)CN. The summed E-state index contributed by atoms with van der Waals surface area (Å²) >= 11 is 0. The molecule has 0 aromatic rings. The number of nitrogens with two attached hydrogens (primary N) is 1. The molecule has 0 bridgehead atoms. The number of halogens is 1. The topological polar surface area (TPSA) is 49.9 Å². The zero-order chi connectivity index (χ0) is 4.99. The number of hydrogen-bond donors (Lipinski definition) is 2. The summed E-state index contributed by atoms with van der Waals surface area (Å²) < 4.78 is 11.5. The van der Waals surface area contributed by atoms with Crippen LogP contribution in [0.3, 0.4) is 0 Å². The zero-order valence-electron chi connectivity index (χ0n) is 3.32.